The second-order valence-corrected chi connectivity index (χ2v) is 10.4. The average Bonchev–Trinajstić information content (AvgIpc) is 3.19. The molecule has 1 fully saturated rings. The SMILES string of the molecule is CC(C)S(=O)(=O)N1CC[C@H](N(Cc2cc(F)ccc2F)c2ccc(C#N)c(Cl)c2)C1. The van der Waals surface area contributed by atoms with Gasteiger partial charge in [0.05, 0.1) is 15.8 Å². The lowest BCUT2D eigenvalue weighted by Gasteiger charge is -2.32. The van der Waals surface area contributed by atoms with Crippen LogP contribution in [0.15, 0.2) is 36.4 Å². The summed E-state index contributed by atoms with van der Waals surface area (Å²) >= 11 is 6.19. The van der Waals surface area contributed by atoms with Crippen LogP contribution in [-0.2, 0) is 16.6 Å². The Bertz CT molecular complexity index is 1090. The van der Waals surface area contributed by atoms with Crippen molar-refractivity contribution in [1.29, 1.82) is 5.26 Å². The Hall–Kier alpha value is -2.21. The van der Waals surface area contributed by atoms with Crippen molar-refractivity contribution >= 4 is 27.3 Å². The molecule has 0 aliphatic carbocycles. The van der Waals surface area contributed by atoms with Gasteiger partial charge in [-0.25, -0.2) is 17.2 Å². The maximum Gasteiger partial charge on any atom is 0.216 e. The second-order valence-electron chi connectivity index (χ2n) is 7.53. The predicted molar refractivity (Wildman–Crippen MR) is 113 cm³/mol. The van der Waals surface area contributed by atoms with Gasteiger partial charge in [0.1, 0.15) is 17.7 Å². The molecule has 1 aliphatic rings. The topological polar surface area (TPSA) is 64.4 Å². The Balaban J connectivity index is 1.97. The van der Waals surface area contributed by atoms with Crippen molar-refractivity contribution in [2.45, 2.75) is 38.1 Å². The molecule has 2 aromatic rings. The van der Waals surface area contributed by atoms with E-state index in [0.717, 1.165) is 18.2 Å². The highest BCUT2D eigenvalue weighted by Gasteiger charge is 2.36. The lowest BCUT2D eigenvalue weighted by molar-refractivity contribution is 0.460. The van der Waals surface area contributed by atoms with E-state index in [2.05, 4.69) is 0 Å². The van der Waals surface area contributed by atoms with Gasteiger partial charge < -0.3 is 4.90 Å². The van der Waals surface area contributed by atoms with Crippen LogP contribution in [0.3, 0.4) is 0 Å². The number of hydrogen-bond donors (Lipinski definition) is 0. The van der Waals surface area contributed by atoms with Crippen molar-refractivity contribution in [3.8, 4) is 6.07 Å². The summed E-state index contributed by atoms with van der Waals surface area (Å²) in [7, 11) is -3.43. The van der Waals surface area contributed by atoms with E-state index in [0.29, 0.717) is 24.2 Å². The number of nitriles is 1. The first-order valence-corrected chi connectivity index (χ1v) is 11.4. The number of hydrogen-bond acceptors (Lipinski definition) is 4. The highest BCUT2D eigenvalue weighted by atomic mass is 35.5. The predicted octanol–water partition coefficient (Wildman–Crippen LogP) is 4.31. The molecule has 0 N–H and O–H groups in total. The molecule has 1 atom stereocenters. The van der Waals surface area contributed by atoms with Gasteiger partial charge in [-0.05, 0) is 56.7 Å². The molecular weight excluding hydrogens is 432 g/mol. The third-order valence-electron chi connectivity index (χ3n) is 5.28. The fraction of sp³-hybridized carbons (Fsp3) is 0.381. The Morgan fingerprint density at radius 2 is 2.00 bits per heavy atom. The number of nitrogens with zero attached hydrogens (tertiary/aromatic N) is 3. The first kappa shape index (κ1) is 22.5. The first-order valence-electron chi connectivity index (χ1n) is 9.52. The van der Waals surface area contributed by atoms with E-state index < -0.39 is 26.9 Å². The number of halogens is 3. The van der Waals surface area contributed by atoms with Crippen LogP contribution >= 0.6 is 11.6 Å². The van der Waals surface area contributed by atoms with E-state index in [1.807, 2.05) is 11.0 Å². The van der Waals surface area contributed by atoms with Gasteiger partial charge in [0.25, 0.3) is 0 Å². The van der Waals surface area contributed by atoms with E-state index in [1.54, 1.807) is 32.0 Å². The van der Waals surface area contributed by atoms with Crippen LogP contribution in [0.4, 0.5) is 14.5 Å². The van der Waals surface area contributed by atoms with Gasteiger partial charge in [-0.1, -0.05) is 11.6 Å². The molecule has 0 unspecified atom stereocenters. The minimum Gasteiger partial charge on any atom is -0.363 e. The van der Waals surface area contributed by atoms with Gasteiger partial charge >= 0.3 is 0 Å². The van der Waals surface area contributed by atoms with Crippen molar-refractivity contribution in [3.63, 3.8) is 0 Å². The minimum absolute atomic E-state index is 0.0338. The van der Waals surface area contributed by atoms with E-state index in [9.17, 15) is 17.2 Å². The van der Waals surface area contributed by atoms with Crippen LogP contribution < -0.4 is 4.90 Å². The zero-order valence-corrected chi connectivity index (χ0v) is 18.2. The molecule has 0 bridgehead atoms. The average molecular weight is 454 g/mol. The van der Waals surface area contributed by atoms with Gasteiger partial charge in [0, 0.05) is 36.9 Å². The zero-order valence-electron chi connectivity index (χ0n) is 16.6. The molecular formula is C21H22ClF2N3O2S. The summed E-state index contributed by atoms with van der Waals surface area (Å²) in [6.45, 7) is 3.87. The highest BCUT2D eigenvalue weighted by molar-refractivity contribution is 7.89. The zero-order chi connectivity index (χ0) is 22.1. The summed E-state index contributed by atoms with van der Waals surface area (Å²) in [4.78, 5) is 1.82. The summed E-state index contributed by atoms with van der Waals surface area (Å²) in [6.07, 6.45) is 0.528. The molecule has 0 aromatic heterocycles. The molecule has 0 amide bonds. The lowest BCUT2D eigenvalue weighted by Crippen LogP contribution is -2.40. The molecule has 2 aromatic carbocycles. The molecule has 0 spiro atoms. The van der Waals surface area contributed by atoms with Crippen LogP contribution in [-0.4, -0.2) is 37.1 Å². The van der Waals surface area contributed by atoms with Gasteiger partial charge in [-0.3, -0.25) is 0 Å². The van der Waals surface area contributed by atoms with Gasteiger partial charge in [-0.15, -0.1) is 0 Å². The molecule has 1 aliphatic heterocycles. The monoisotopic (exact) mass is 453 g/mol. The molecule has 9 heteroatoms. The largest absolute Gasteiger partial charge is 0.363 e. The fourth-order valence-corrected chi connectivity index (χ4v) is 5.10. The summed E-state index contributed by atoms with van der Waals surface area (Å²) in [5.41, 5.74) is 1.06. The van der Waals surface area contributed by atoms with E-state index in [1.165, 1.54) is 4.31 Å². The van der Waals surface area contributed by atoms with Crippen LogP contribution in [0, 0.1) is 23.0 Å². The standard InChI is InChI=1S/C21H22ClF2N3O2S/c1-14(2)30(28,29)26-8-7-19(13-26)27(12-16-9-17(23)4-6-21(16)24)18-5-3-15(11-25)20(22)10-18/h3-6,9-10,14,19H,7-8,12-13H2,1-2H3/t19-/m0/s1. The van der Waals surface area contributed by atoms with Crippen molar-refractivity contribution in [2.24, 2.45) is 0 Å². The molecule has 5 nitrogen and oxygen atoms in total. The van der Waals surface area contributed by atoms with Gasteiger partial charge in [-0.2, -0.15) is 9.57 Å². The van der Waals surface area contributed by atoms with Gasteiger partial charge in [0.15, 0.2) is 0 Å². The quantitative estimate of drug-likeness (QED) is 0.653. The van der Waals surface area contributed by atoms with E-state index in [4.69, 9.17) is 16.9 Å². The lowest BCUT2D eigenvalue weighted by atomic mass is 10.1. The maximum absolute atomic E-state index is 14.3. The number of benzene rings is 2. The number of sulfonamides is 1. The van der Waals surface area contributed by atoms with E-state index >= 15 is 0 Å². The first-order chi connectivity index (χ1) is 14.1. The Kier molecular flexibility index (Phi) is 6.65. The number of anilines is 1. The molecule has 1 saturated heterocycles. The van der Waals surface area contributed by atoms with Crippen molar-refractivity contribution in [2.75, 3.05) is 18.0 Å². The van der Waals surface area contributed by atoms with Gasteiger partial charge in [0.2, 0.25) is 10.0 Å². The number of rotatable bonds is 6. The Morgan fingerprint density at radius 3 is 2.63 bits per heavy atom. The minimum atomic E-state index is -3.43. The third kappa shape index (κ3) is 4.59. The van der Waals surface area contributed by atoms with Crippen molar-refractivity contribution in [3.05, 3.63) is 64.2 Å². The fourth-order valence-electron chi connectivity index (χ4n) is 3.55. The smallest absolute Gasteiger partial charge is 0.216 e. The molecule has 3 rings (SSSR count). The van der Waals surface area contributed by atoms with Crippen LogP contribution in [0.1, 0.15) is 31.4 Å². The molecule has 30 heavy (non-hydrogen) atoms. The summed E-state index contributed by atoms with van der Waals surface area (Å²) in [5, 5.41) is 8.82. The van der Waals surface area contributed by atoms with Crippen LogP contribution in [0.5, 0.6) is 0 Å². The normalized spacial score (nSPS) is 17.3. The maximum atomic E-state index is 14.3. The van der Waals surface area contributed by atoms with Crippen LogP contribution in [0.25, 0.3) is 0 Å². The Morgan fingerprint density at radius 1 is 1.27 bits per heavy atom. The molecule has 0 saturated carbocycles. The van der Waals surface area contributed by atoms with E-state index in [-0.39, 0.29) is 29.7 Å². The molecule has 1 heterocycles. The molecule has 160 valence electrons. The summed E-state index contributed by atoms with van der Waals surface area (Å²) < 4.78 is 54.6. The van der Waals surface area contributed by atoms with Crippen molar-refractivity contribution in [1.82, 2.24) is 4.31 Å². The summed E-state index contributed by atoms with van der Waals surface area (Å²) in [6, 6.07) is 9.81. The second kappa shape index (κ2) is 8.88. The highest BCUT2D eigenvalue weighted by Crippen LogP contribution is 2.31. The Labute approximate surface area is 180 Å². The van der Waals surface area contributed by atoms with Crippen molar-refractivity contribution < 1.29 is 17.2 Å². The third-order valence-corrected chi connectivity index (χ3v) is 7.83. The molecule has 0 radical (unpaired) electrons. The van der Waals surface area contributed by atoms with Crippen LogP contribution in [0.2, 0.25) is 5.02 Å². The summed E-state index contributed by atoms with van der Waals surface area (Å²) in [5.74, 6) is -1.11.